The highest BCUT2D eigenvalue weighted by Gasteiger charge is 2.33. The summed E-state index contributed by atoms with van der Waals surface area (Å²) in [5, 5.41) is 17.4. The minimum atomic E-state index is -4.50. The number of nitrogens with one attached hydrogen (secondary N) is 1. The molecule has 2 rings (SSSR count). The van der Waals surface area contributed by atoms with E-state index in [-0.39, 0.29) is 30.5 Å². The Hall–Kier alpha value is -1.79. The van der Waals surface area contributed by atoms with E-state index < -0.39 is 11.7 Å². The Balaban J connectivity index is 2.26. The Labute approximate surface area is 142 Å². The molecule has 0 aliphatic rings. The molecule has 0 amide bonds. The first-order chi connectivity index (χ1) is 11.3. The van der Waals surface area contributed by atoms with E-state index in [1.54, 1.807) is 12.1 Å². The van der Waals surface area contributed by atoms with Crippen LogP contribution in [0.15, 0.2) is 36.5 Å². The second-order valence-electron chi connectivity index (χ2n) is 5.49. The Bertz CT molecular complexity index is 739. The molecular formula is C17H18ClF3N2O. The average molecular weight is 359 g/mol. The van der Waals surface area contributed by atoms with Crippen LogP contribution in [0.25, 0.3) is 0 Å². The molecular weight excluding hydrogens is 341 g/mol. The van der Waals surface area contributed by atoms with Crippen LogP contribution in [-0.2, 0) is 25.6 Å². The zero-order valence-corrected chi connectivity index (χ0v) is 13.7. The van der Waals surface area contributed by atoms with Gasteiger partial charge in [-0.3, -0.25) is 5.41 Å². The highest BCUT2D eigenvalue weighted by Crippen LogP contribution is 2.31. The maximum absolute atomic E-state index is 13.1. The molecule has 2 N–H and O–H groups in total. The zero-order valence-electron chi connectivity index (χ0n) is 12.9. The average Bonchev–Trinajstić information content (AvgIpc) is 2.52. The standard InChI is InChI=1S/C17H18ClF3N2O/c18-14-5-3-12(4-6-14)7-8-23-11-13(2-1-9-24)15(10-16(23)22)17(19,20)21/h3-6,10-11,22,24H,1-2,7-9H2. The van der Waals surface area contributed by atoms with Crippen molar-refractivity contribution in [2.75, 3.05) is 6.61 Å². The SMILES string of the molecule is N=c1cc(C(F)(F)F)c(CCCO)cn1CCc1ccc(Cl)cc1. The summed E-state index contributed by atoms with van der Waals surface area (Å²) in [7, 11) is 0. The Kier molecular flexibility index (Phi) is 6.07. The number of nitrogens with zero attached hydrogens (tertiary/aromatic N) is 1. The predicted molar refractivity (Wildman–Crippen MR) is 85.9 cm³/mol. The second kappa shape index (κ2) is 7.85. The number of benzene rings is 1. The van der Waals surface area contributed by atoms with Crippen molar-refractivity contribution >= 4 is 11.6 Å². The molecule has 0 radical (unpaired) electrons. The number of aliphatic hydroxyl groups is 1. The van der Waals surface area contributed by atoms with Crippen molar-refractivity contribution < 1.29 is 18.3 Å². The highest BCUT2D eigenvalue weighted by atomic mass is 35.5. The number of hydrogen-bond donors (Lipinski definition) is 2. The van der Waals surface area contributed by atoms with Gasteiger partial charge in [-0.15, -0.1) is 0 Å². The number of halogens is 4. The number of alkyl halides is 3. The van der Waals surface area contributed by atoms with Gasteiger partial charge in [0.2, 0.25) is 0 Å². The highest BCUT2D eigenvalue weighted by molar-refractivity contribution is 6.30. The van der Waals surface area contributed by atoms with Crippen LogP contribution in [-0.4, -0.2) is 16.3 Å². The fourth-order valence-electron chi connectivity index (χ4n) is 2.46. The first-order valence-electron chi connectivity index (χ1n) is 7.51. The molecule has 0 aliphatic heterocycles. The smallest absolute Gasteiger partial charge is 0.396 e. The number of aliphatic hydroxyl groups excluding tert-OH is 1. The lowest BCUT2D eigenvalue weighted by molar-refractivity contribution is -0.138. The molecule has 24 heavy (non-hydrogen) atoms. The van der Waals surface area contributed by atoms with E-state index in [0.29, 0.717) is 18.0 Å². The van der Waals surface area contributed by atoms with Gasteiger partial charge in [0, 0.05) is 24.4 Å². The van der Waals surface area contributed by atoms with Gasteiger partial charge >= 0.3 is 6.18 Å². The molecule has 0 saturated carbocycles. The third-order valence-corrected chi connectivity index (χ3v) is 3.96. The lowest BCUT2D eigenvalue weighted by atomic mass is 10.0. The third-order valence-electron chi connectivity index (χ3n) is 3.71. The number of aromatic nitrogens is 1. The van der Waals surface area contributed by atoms with E-state index in [0.717, 1.165) is 11.6 Å². The first kappa shape index (κ1) is 18.5. The van der Waals surface area contributed by atoms with Crippen molar-refractivity contribution in [2.45, 2.75) is 32.0 Å². The normalized spacial score (nSPS) is 11.7. The van der Waals surface area contributed by atoms with Gasteiger partial charge in [-0.1, -0.05) is 23.7 Å². The fourth-order valence-corrected chi connectivity index (χ4v) is 2.58. The second-order valence-corrected chi connectivity index (χ2v) is 5.93. The van der Waals surface area contributed by atoms with Crippen molar-refractivity contribution in [3.8, 4) is 0 Å². The first-order valence-corrected chi connectivity index (χ1v) is 7.89. The maximum Gasteiger partial charge on any atom is 0.416 e. The summed E-state index contributed by atoms with van der Waals surface area (Å²) in [5.41, 5.74) is 0.0968. The van der Waals surface area contributed by atoms with Crippen LogP contribution in [0.1, 0.15) is 23.1 Å². The van der Waals surface area contributed by atoms with Gasteiger partial charge in [0.25, 0.3) is 0 Å². The van der Waals surface area contributed by atoms with Gasteiger partial charge in [0.1, 0.15) is 5.49 Å². The van der Waals surface area contributed by atoms with Crippen molar-refractivity contribution in [1.82, 2.24) is 4.57 Å². The molecule has 0 atom stereocenters. The molecule has 0 saturated heterocycles. The van der Waals surface area contributed by atoms with Crippen LogP contribution in [0.2, 0.25) is 5.02 Å². The molecule has 1 heterocycles. The fraction of sp³-hybridized carbons (Fsp3) is 0.353. The Morgan fingerprint density at radius 3 is 2.38 bits per heavy atom. The topological polar surface area (TPSA) is 49.0 Å². The monoisotopic (exact) mass is 358 g/mol. The number of pyridine rings is 1. The summed E-state index contributed by atoms with van der Waals surface area (Å²) in [6.07, 6.45) is -2.19. The summed E-state index contributed by atoms with van der Waals surface area (Å²) in [5.74, 6) is 0. The van der Waals surface area contributed by atoms with Gasteiger partial charge in [-0.2, -0.15) is 13.2 Å². The number of aryl methyl sites for hydroxylation is 3. The molecule has 0 unspecified atom stereocenters. The van der Waals surface area contributed by atoms with E-state index >= 15 is 0 Å². The molecule has 0 bridgehead atoms. The van der Waals surface area contributed by atoms with Gasteiger partial charge in [-0.25, -0.2) is 0 Å². The lowest BCUT2D eigenvalue weighted by Crippen LogP contribution is -2.25. The molecule has 130 valence electrons. The number of rotatable bonds is 6. The lowest BCUT2D eigenvalue weighted by Gasteiger charge is -2.16. The molecule has 0 spiro atoms. The molecule has 0 aliphatic carbocycles. The maximum atomic E-state index is 13.1. The van der Waals surface area contributed by atoms with Crippen LogP contribution in [0.5, 0.6) is 0 Å². The molecule has 2 aromatic rings. The van der Waals surface area contributed by atoms with Crippen molar-refractivity contribution in [3.05, 3.63) is 63.7 Å². The van der Waals surface area contributed by atoms with E-state index in [4.69, 9.17) is 22.1 Å². The summed E-state index contributed by atoms with van der Waals surface area (Å²) in [4.78, 5) is 0. The summed E-state index contributed by atoms with van der Waals surface area (Å²) < 4.78 is 40.8. The van der Waals surface area contributed by atoms with E-state index in [2.05, 4.69) is 0 Å². The summed E-state index contributed by atoms with van der Waals surface area (Å²) >= 11 is 5.82. The molecule has 3 nitrogen and oxygen atoms in total. The predicted octanol–water partition coefficient (Wildman–Crippen LogP) is 3.81. The van der Waals surface area contributed by atoms with E-state index in [9.17, 15) is 13.2 Å². The van der Waals surface area contributed by atoms with Crippen LogP contribution >= 0.6 is 11.6 Å². The molecule has 7 heteroatoms. The summed E-state index contributed by atoms with van der Waals surface area (Å²) in [6.45, 7) is 0.218. The van der Waals surface area contributed by atoms with Crippen LogP contribution in [0.3, 0.4) is 0 Å². The van der Waals surface area contributed by atoms with Crippen molar-refractivity contribution in [2.24, 2.45) is 0 Å². The molecule has 1 aromatic heterocycles. The molecule has 0 fully saturated rings. The summed E-state index contributed by atoms with van der Waals surface area (Å²) in [6, 6.07) is 8.06. The number of hydrogen-bond acceptors (Lipinski definition) is 2. The van der Waals surface area contributed by atoms with E-state index in [1.807, 2.05) is 12.1 Å². The van der Waals surface area contributed by atoms with Gasteiger partial charge < -0.3 is 9.67 Å². The quantitative estimate of drug-likeness (QED) is 0.810. The Morgan fingerprint density at radius 1 is 1.12 bits per heavy atom. The largest absolute Gasteiger partial charge is 0.416 e. The Morgan fingerprint density at radius 2 is 1.79 bits per heavy atom. The minimum Gasteiger partial charge on any atom is -0.396 e. The van der Waals surface area contributed by atoms with Crippen LogP contribution in [0.4, 0.5) is 13.2 Å². The van der Waals surface area contributed by atoms with Crippen molar-refractivity contribution in [3.63, 3.8) is 0 Å². The van der Waals surface area contributed by atoms with Gasteiger partial charge in [0.05, 0.1) is 5.56 Å². The van der Waals surface area contributed by atoms with Crippen molar-refractivity contribution in [1.29, 1.82) is 5.41 Å². The molecule has 1 aromatic carbocycles. The van der Waals surface area contributed by atoms with E-state index in [1.165, 1.54) is 10.8 Å². The van der Waals surface area contributed by atoms with Crippen LogP contribution in [0, 0.1) is 5.41 Å². The van der Waals surface area contributed by atoms with Crippen LogP contribution < -0.4 is 5.49 Å². The van der Waals surface area contributed by atoms with Gasteiger partial charge in [0.15, 0.2) is 0 Å². The third kappa shape index (κ3) is 4.85. The van der Waals surface area contributed by atoms with Gasteiger partial charge in [-0.05, 0) is 48.6 Å². The zero-order chi connectivity index (χ0) is 17.7. The minimum absolute atomic E-state index is 0.101.